The molecule has 1 fully saturated rings. The van der Waals surface area contributed by atoms with Crippen molar-refractivity contribution in [2.24, 2.45) is 11.8 Å². The van der Waals surface area contributed by atoms with Crippen molar-refractivity contribution in [1.29, 1.82) is 0 Å². The maximum Gasteiger partial charge on any atom is 0.259 e. The third kappa shape index (κ3) is 7.39. The molecule has 1 aromatic rings. The van der Waals surface area contributed by atoms with E-state index in [-0.39, 0.29) is 30.8 Å². The number of hydrogen-bond acceptors (Lipinski definition) is 4. The van der Waals surface area contributed by atoms with Crippen LogP contribution in [0.15, 0.2) is 18.2 Å². The molecule has 6 nitrogen and oxygen atoms in total. The molecule has 27 heavy (non-hydrogen) atoms. The zero-order chi connectivity index (χ0) is 19.1. The highest BCUT2D eigenvalue weighted by molar-refractivity contribution is 5.92. The number of hydrogen-bond donors (Lipinski definition) is 2. The Morgan fingerprint density at radius 2 is 1.96 bits per heavy atom. The van der Waals surface area contributed by atoms with E-state index in [2.05, 4.69) is 17.6 Å². The van der Waals surface area contributed by atoms with E-state index in [4.69, 9.17) is 4.74 Å². The van der Waals surface area contributed by atoms with E-state index < -0.39 is 0 Å². The number of carbonyl (C=O) groups is 2. The molecule has 2 rings (SSSR count). The van der Waals surface area contributed by atoms with Gasteiger partial charge in [-0.25, -0.2) is 0 Å². The second-order valence-electron chi connectivity index (χ2n) is 7.39. The van der Waals surface area contributed by atoms with Gasteiger partial charge >= 0.3 is 0 Å². The van der Waals surface area contributed by atoms with E-state index in [1.807, 2.05) is 25.1 Å². The Morgan fingerprint density at radius 3 is 2.59 bits per heavy atom. The van der Waals surface area contributed by atoms with E-state index in [0.717, 1.165) is 31.5 Å². The smallest absolute Gasteiger partial charge is 0.259 e. The average molecular weight is 398 g/mol. The minimum absolute atomic E-state index is 0. The van der Waals surface area contributed by atoms with Crippen molar-refractivity contribution in [3.05, 3.63) is 23.8 Å². The van der Waals surface area contributed by atoms with Crippen molar-refractivity contribution in [2.75, 3.05) is 39.1 Å². The summed E-state index contributed by atoms with van der Waals surface area (Å²) in [7, 11) is 3.37. The number of benzene rings is 1. The molecule has 1 aliphatic heterocycles. The van der Waals surface area contributed by atoms with E-state index in [9.17, 15) is 9.59 Å². The number of halogens is 1. The number of nitrogens with zero attached hydrogens (tertiary/aromatic N) is 1. The Bertz CT molecular complexity index is 631. The second-order valence-corrected chi connectivity index (χ2v) is 7.39. The molecule has 1 aromatic carbocycles. The van der Waals surface area contributed by atoms with Gasteiger partial charge in [0.1, 0.15) is 5.75 Å². The van der Waals surface area contributed by atoms with Crippen LogP contribution in [0.1, 0.15) is 31.7 Å². The van der Waals surface area contributed by atoms with Gasteiger partial charge in [0, 0.05) is 20.5 Å². The maximum absolute atomic E-state index is 12.5. The van der Waals surface area contributed by atoms with Crippen molar-refractivity contribution in [3.63, 3.8) is 0 Å². The molecule has 0 saturated carbocycles. The summed E-state index contributed by atoms with van der Waals surface area (Å²) < 4.78 is 5.65. The number of rotatable bonds is 7. The van der Waals surface area contributed by atoms with Crippen LogP contribution in [-0.2, 0) is 9.59 Å². The van der Waals surface area contributed by atoms with Crippen LogP contribution in [0.5, 0.6) is 5.75 Å². The maximum atomic E-state index is 12.5. The quantitative estimate of drug-likeness (QED) is 0.742. The first-order chi connectivity index (χ1) is 12.4. The van der Waals surface area contributed by atoms with Crippen LogP contribution in [0.4, 0.5) is 5.69 Å². The zero-order valence-corrected chi connectivity index (χ0v) is 17.5. The largest absolute Gasteiger partial charge is 0.482 e. The van der Waals surface area contributed by atoms with E-state index >= 15 is 0 Å². The Hall–Kier alpha value is -1.79. The van der Waals surface area contributed by atoms with Gasteiger partial charge in [0.05, 0.1) is 5.69 Å². The lowest BCUT2D eigenvalue weighted by Gasteiger charge is -2.28. The Morgan fingerprint density at radius 1 is 1.30 bits per heavy atom. The molecule has 0 bridgehead atoms. The highest BCUT2D eigenvalue weighted by atomic mass is 35.5. The number of amides is 2. The Labute approximate surface area is 168 Å². The summed E-state index contributed by atoms with van der Waals surface area (Å²) in [5.74, 6) is 1.34. The molecule has 1 atom stereocenters. The predicted octanol–water partition coefficient (Wildman–Crippen LogP) is 2.85. The third-order valence-corrected chi connectivity index (χ3v) is 4.96. The SMILES string of the molecule is Cc1ccc(NC(=O)CC(C)C2CCNCC2)c(OCC(=O)N(C)C)c1.Cl. The standard InChI is InChI=1S/C20H31N3O3.ClH/c1-14-5-6-17(18(11-14)26-13-20(25)23(3)4)22-19(24)12-15(2)16-7-9-21-10-8-16;/h5-6,11,15-16,21H,7-10,12-13H2,1-4H3,(H,22,24);1H. The first kappa shape index (κ1) is 23.2. The number of ether oxygens (including phenoxy) is 1. The molecular weight excluding hydrogens is 366 g/mol. The molecule has 2 amide bonds. The molecule has 0 aromatic heterocycles. The van der Waals surface area contributed by atoms with Crippen molar-refractivity contribution >= 4 is 29.9 Å². The van der Waals surface area contributed by atoms with E-state index in [0.29, 0.717) is 29.7 Å². The molecule has 1 heterocycles. The van der Waals surface area contributed by atoms with E-state index in [1.54, 1.807) is 14.1 Å². The molecule has 1 saturated heterocycles. The van der Waals surface area contributed by atoms with Gasteiger partial charge in [0.25, 0.3) is 5.91 Å². The lowest BCUT2D eigenvalue weighted by molar-refractivity contribution is -0.130. The zero-order valence-electron chi connectivity index (χ0n) is 16.7. The number of carbonyl (C=O) groups excluding carboxylic acids is 2. The summed E-state index contributed by atoms with van der Waals surface area (Å²) >= 11 is 0. The topological polar surface area (TPSA) is 70.7 Å². The molecule has 0 spiro atoms. The minimum Gasteiger partial charge on any atom is -0.482 e. The summed E-state index contributed by atoms with van der Waals surface area (Å²) in [5.41, 5.74) is 1.63. The molecule has 0 aliphatic carbocycles. The number of piperidine rings is 1. The van der Waals surface area contributed by atoms with Gasteiger partial charge in [-0.2, -0.15) is 0 Å². The van der Waals surface area contributed by atoms with Gasteiger partial charge in [-0.3, -0.25) is 9.59 Å². The predicted molar refractivity (Wildman–Crippen MR) is 111 cm³/mol. The van der Waals surface area contributed by atoms with Crippen molar-refractivity contribution in [3.8, 4) is 5.75 Å². The van der Waals surface area contributed by atoms with Gasteiger partial charge < -0.3 is 20.3 Å². The molecular formula is C20H32ClN3O3. The van der Waals surface area contributed by atoms with Gasteiger partial charge in [0.15, 0.2) is 6.61 Å². The minimum atomic E-state index is -0.122. The van der Waals surface area contributed by atoms with Gasteiger partial charge in [-0.15, -0.1) is 12.4 Å². The first-order valence-electron chi connectivity index (χ1n) is 9.31. The Balaban J connectivity index is 0.00000364. The summed E-state index contributed by atoms with van der Waals surface area (Å²) in [5, 5.41) is 6.31. The van der Waals surface area contributed by atoms with Gasteiger partial charge in [0.2, 0.25) is 5.91 Å². The normalized spacial score (nSPS) is 15.4. The van der Waals surface area contributed by atoms with Crippen molar-refractivity contribution < 1.29 is 14.3 Å². The van der Waals surface area contributed by atoms with Crippen molar-refractivity contribution in [1.82, 2.24) is 10.2 Å². The van der Waals surface area contributed by atoms with Gasteiger partial charge in [-0.05, 0) is 62.4 Å². The lowest BCUT2D eigenvalue weighted by Crippen LogP contribution is -2.32. The number of nitrogens with one attached hydrogen (secondary N) is 2. The van der Waals surface area contributed by atoms with Crippen LogP contribution in [0.3, 0.4) is 0 Å². The molecule has 7 heteroatoms. The first-order valence-corrected chi connectivity index (χ1v) is 9.31. The number of likely N-dealkylation sites (N-methyl/N-ethyl adjacent to an activating group) is 1. The summed E-state index contributed by atoms with van der Waals surface area (Å²) in [6.45, 7) is 6.12. The van der Waals surface area contributed by atoms with Crippen LogP contribution < -0.4 is 15.4 Å². The van der Waals surface area contributed by atoms with Gasteiger partial charge in [-0.1, -0.05) is 13.0 Å². The molecule has 2 N–H and O–H groups in total. The fraction of sp³-hybridized carbons (Fsp3) is 0.600. The summed E-state index contributed by atoms with van der Waals surface area (Å²) in [4.78, 5) is 25.7. The summed E-state index contributed by atoms with van der Waals surface area (Å²) in [6, 6.07) is 5.60. The van der Waals surface area contributed by atoms with Crippen LogP contribution >= 0.6 is 12.4 Å². The van der Waals surface area contributed by atoms with E-state index in [1.165, 1.54) is 4.90 Å². The Kier molecular flexibility index (Phi) is 9.60. The highest BCUT2D eigenvalue weighted by Crippen LogP contribution is 2.28. The number of anilines is 1. The highest BCUT2D eigenvalue weighted by Gasteiger charge is 2.22. The van der Waals surface area contributed by atoms with Crippen LogP contribution in [-0.4, -0.2) is 50.5 Å². The van der Waals surface area contributed by atoms with Crippen molar-refractivity contribution in [2.45, 2.75) is 33.1 Å². The van der Waals surface area contributed by atoms with Crippen LogP contribution in [0.25, 0.3) is 0 Å². The average Bonchev–Trinajstić information content (AvgIpc) is 2.62. The molecule has 1 aliphatic rings. The monoisotopic (exact) mass is 397 g/mol. The third-order valence-electron chi connectivity index (χ3n) is 4.96. The second kappa shape index (κ2) is 11.1. The summed E-state index contributed by atoms with van der Waals surface area (Å²) in [6.07, 6.45) is 2.74. The van der Waals surface area contributed by atoms with Crippen LogP contribution in [0.2, 0.25) is 0 Å². The number of aryl methyl sites for hydroxylation is 1. The molecule has 1 unspecified atom stereocenters. The fourth-order valence-corrected chi connectivity index (χ4v) is 3.19. The molecule has 0 radical (unpaired) electrons. The van der Waals surface area contributed by atoms with Crippen LogP contribution in [0, 0.1) is 18.8 Å². The molecule has 152 valence electrons. The lowest BCUT2D eigenvalue weighted by atomic mass is 9.84. The fourth-order valence-electron chi connectivity index (χ4n) is 3.19.